The normalized spacial score (nSPS) is 12.2. The Morgan fingerprint density at radius 2 is 1.96 bits per heavy atom. The van der Waals surface area contributed by atoms with Crippen LogP contribution in [0.3, 0.4) is 0 Å². The van der Waals surface area contributed by atoms with Crippen LogP contribution in [-0.4, -0.2) is 27.8 Å². The fraction of sp³-hybridized carbons (Fsp3) is 0.167. The maximum atomic E-state index is 12.8. The van der Waals surface area contributed by atoms with Crippen molar-refractivity contribution in [3.8, 4) is 0 Å². The first-order valence-corrected chi connectivity index (χ1v) is 8.27. The Hall–Kier alpha value is -2.37. The van der Waals surface area contributed by atoms with Gasteiger partial charge in [-0.2, -0.15) is 0 Å². The summed E-state index contributed by atoms with van der Waals surface area (Å²) >= 11 is 11.6. The van der Waals surface area contributed by atoms with Gasteiger partial charge in [-0.15, -0.1) is 0 Å². The number of hydrogen-bond donors (Lipinski definition) is 1. The molecule has 3 aromatic rings. The molecule has 0 aliphatic carbocycles. The smallest absolute Gasteiger partial charge is 0.340 e. The number of ketones is 1. The van der Waals surface area contributed by atoms with Crippen LogP contribution in [-0.2, 0) is 4.74 Å². The van der Waals surface area contributed by atoms with E-state index in [2.05, 4.69) is 9.97 Å². The molecule has 0 bridgehead atoms. The molecule has 0 aliphatic heterocycles. The molecule has 0 unspecified atom stereocenters. The fourth-order valence-electron chi connectivity index (χ4n) is 2.61. The van der Waals surface area contributed by atoms with Crippen LogP contribution in [0.15, 0.2) is 36.5 Å². The number of Topliss-reactive ketones (excluding diaryl/α,β-unsaturated/α-hetero) is 1. The molecule has 0 fully saturated rings. The highest BCUT2D eigenvalue weighted by Crippen LogP contribution is 2.24. The van der Waals surface area contributed by atoms with Gasteiger partial charge < -0.3 is 9.72 Å². The highest BCUT2D eigenvalue weighted by molar-refractivity contribution is 6.41. The zero-order valence-corrected chi connectivity index (χ0v) is 15.0. The van der Waals surface area contributed by atoms with Gasteiger partial charge in [0.05, 0.1) is 10.6 Å². The van der Waals surface area contributed by atoms with Crippen LogP contribution < -0.4 is 0 Å². The van der Waals surface area contributed by atoms with Crippen LogP contribution in [0, 0.1) is 6.92 Å². The topological polar surface area (TPSA) is 72.1 Å². The number of pyridine rings is 1. The molecule has 1 aromatic carbocycles. The molecule has 25 heavy (non-hydrogen) atoms. The second-order valence-corrected chi connectivity index (χ2v) is 6.34. The molecule has 0 amide bonds. The van der Waals surface area contributed by atoms with Crippen molar-refractivity contribution in [1.82, 2.24) is 9.97 Å². The third-order valence-electron chi connectivity index (χ3n) is 3.82. The number of rotatable bonds is 4. The predicted molar refractivity (Wildman–Crippen MR) is 96.5 cm³/mol. The molecular formula is C18H14Cl2N2O3. The highest BCUT2D eigenvalue weighted by Gasteiger charge is 2.25. The molecule has 2 aromatic heterocycles. The second-order valence-electron chi connectivity index (χ2n) is 5.58. The molecule has 3 rings (SSSR count). The van der Waals surface area contributed by atoms with Gasteiger partial charge in [0.15, 0.2) is 6.10 Å². The number of H-pyrrole nitrogens is 1. The van der Waals surface area contributed by atoms with Crippen LogP contribution in [0.1, 0.15) is 33.3 Å². The van der Waals surface area contributed by atoms with Crippen LogP contribution in [0.4, 0.5) is 0 Å². The SMILES string of the molecule is Cc1[nH]c2ccccc2c1C(=O)[C@@H](C)OC(=O)c1cnc(Cl)c(Cl)c1. The number of benzene rings is 1. The van der Waals surface area contributed by atoms with Gasteiger partial charge in [0.2, 0.25) is 5.78 Å². The van der Waals surface area contributed by atoms with Crippen molar-refractivity contribution in [2.75, 3.05) is 0 Å². The van der Waals surface area contributed by atoms with E-state index in [9.17, 15) is 9.59 Å². The number of aryl methyl sites for hydroxylation is 1. The number of hydrogen-bond acceptors (Lipinski definition) is 4. The van der Waals surface area contributed by atoms with Crippen molar-refractivity contribution in [2.24, 2.45) is 0 Å². The minimum absolute atomic E-state index is 0.0942. The van der Waals surface area contributed by atoms with Gasteiger partial charge in [-0.1, -0.05) is 41.4 Å². The molecule has 1 atom stereocenters. The summed E-state index contributed by atoms with van der Waals surface area (Å²) in [6.07, 6.45) is 0.296. The van der Waals surface area contributed by atoms with E-state index >= 15 is 0 Å². The summed E-state index contributed by atoms with van der Waals surface area (Å²) in [6.45, 7) is 3.34. The number of carbonyl (C=O) groups is 2. The van der Waals surface area contributed by atoms with Crippen molar-refractivity contribution in [3.05, 3.63) is 63.5 Å². The van der Waals surface area contributed by atoms with Crippen LogP contribution >= 0.6 is 23.2 Å². The summed E-state index contributed by atoms with van der Waals surface area (Å²) in [6, 6.07) is 8.83. The fourth-order valence-corrected chi connectivity index (χ4v) is 2.88. The lowest BCUT2D eigenvalue weighted by molar-refractivity contribution is 0.0318. The average molecular weight is 377 g/mol. The predicted octanol–water partition coefficient (Wildman–Crippen LogP) is 4.61. The largest absolute Gasteiger partial charge is 0.451 e. The lowest BCUT2D eigenvalue weighted by Gasteiger charge is -2.12. The maximum absolute atomic E-state index is 12.8. The van der Waals surface area contributed by atoms with Crippen LogP contribution in [0.25, 0.3) is 10.9 Å². The van der Waals surface area contributed by atoms with Crippen LogP contribution in [0.5, 0.6) is 0 Å². The van der Waals surface area contributed by atoms with Gasteiger partial charge in [-0.3, -0.25) is 4.79 Å². The Kier molecular flexibility index (Phi) is 4.79. The van der Waals surface area contributed by atoms with E-state index in [0.717, 1.165) is 16.6 Å². The summed E-state index contributed by atoms with van der Waals surface area (Å²) in [7, 11) is 0. The number of nitrogens with one attached hydrogen (secondary N) is 1. The van der Waals surface area contributed by atoms with E-state index in [0.29, 0.717) is 5.56 Å². The molecule has 0 saturated heterocycles. The minimum atomic E-state index is -0.958. The summed E-state index contributed by atoms with van der Waals surface area (Å²) in [5, 5.41) is 1.03. The summed E-state index contributed by atoms with van der Waals surface area (Å²) in [4.78, 5) is 31.9. The van der Waals surface area contributed by atoms with Gasteiger partial charge >= 0.3 is 5.97 Å². The van der Waals surface area contributed by atoms with Gasteiger partial charge in [0, 0.05) is 28.4 Å². The number of ether oxygens (including phenoxy) is 1. The Morgan fingerprint density at radius 1 is 1.24 bits per heavy atom. The van der Waals surface area contributed by atoms with E-state index in [-0.39, 0.29) is 21.5 Å². The standard InChI is InChI=1S/C18H14Cl2N2O3/c1-9-15(12-5-3-4-6-14(12)22-9)16(23)10(2)25-18(24)11-7-13(19)17(20)21-8-11/h3-8,10,22H,1-2H3/t10-/m1/s1. The quantitative estimate of drug-likeness (QED) is 0.410. The molecule has 128 valence electrons. The zero-order chi connectivity index (χ0) is 18.1. The van der Waals surface area contributed by atoms with E-state index < -0.39 is 12.1 Å². The number of nitrogens with zero attached hydrogens (tertiary/aromatic N) is 1. The number of aromatic amines is 1. The zero-order valence-electron chi connectivity index (χ0n) is 13.5. The summed E-state index contributed by atoms with van der Waals surface area (Å²) in [5.41, 5.74) is 2.23. The van der Waals surface area contributed by atoms with Crippen molar-refractivity contribution < 1.29 is 14.3 Å². The van der Waals surface area contributed by atoms with E-state index in [4.69, 9.17) is 27.9 Å². The lowest BCUT2D eigenvalue weighted by atomic mass is 10.0. The second kappa shape index (κ2) is 6.86. The maximum Gasteiger partial charge on any atom is 0.340 e. The molecule has 0 spiro atoms. The van der Waals surface area contributed by atoms with E-state index in [1.165, 1.54) is 19.2 Å². The van der Waals surface area contributed by atoms with Gasteiger partial charge in [-0.05, 0) is 26.0 Å². The highest BCUT2D eigenvalue weighted by atomic mass is 35.5. The molecule has 1 N–H and O–H groups in total. The monoisotopic (exact) mass is 376 g/mol. The molecule has 0 radical (unpaired) electrons. The number of carbonyl (C=O) groups excluding carboxylic acids is 2. The molecule has 5 nitrogen and oxygen atoms in total. The molecule has 0 aliphatic rings. The Labute approximate surface area is 153 Å². The van der Waals surface area contributed by atoms with Gasteiger partial charge in [0.25, 0.3) is 0 Å². The first kappa shape index (κ1) is 17.5. The summed E-state index contributed by atoms with van der Waals surface area (Å²) in [5.74, 6) is -0.972. The molecule has 2 heterocycles. The third-order valence-corrected chi connectivity index (χ3v) is 4.51. The lowest BCUT2D eigenvalue weighted by Crippen LogP contribution is -2.25. The average Bonchev–Trinajstić information content (AvgIpc) is 2.92. The van der Waals surface area contributed by atoms with E-state index in [1.807, 2.05) is 31.2 Å². The van der Waals surface area contributed by atoms with Gasteiger partial charge in [0.1, 0.15) is 5.15 Å². The van der Waals surface area contributed by atoms with Crippen LogP contribution in [0.2, 0.25) is 10.2 Å². The third kappa shape index (κ3) is 3.38. The molecule has 0 saturated carbocycles. The molecule has 7 heteroatoms. The number of halogens is 2. The first-order valence-electron chi connectivity index (χ1n) is 7.52. The van der Waals surface area contributed by atoms with Crippen molar-refractivity contribution in [3.63, 3.8) is 0 Å². The molecular weight excluding hydrogens is 363 g/mol. The minimum Gasteiger partial charge on any atom is -0.451 e. The first-order chi connectivity index (χ1) is 11.9. The Morgan fingerprint density at radius 3 is 2.68 bits per heavy atom. The number of fused-ring (bicyclic) bond motifs is 1. The van der Waals surface area contributed by atoms with Crippen molar-refractivity contribution >= 4 is 45.9 Å². The number of para-hydroxylation sites is 1. The summed E-state index contributed by atoms with van der Waals surface area (Å²) < 4.78 is 5.28. The van der Waals surface area contributed by atoms with Crippen molar-refractivity contribution in [1.29, 1.82) is 0 Å². The number of aromatic nitrogens is 2. The van der Waals surface area contributed by atoms with Crippen molar-refractivity contribution in [2.45, 2.75) is 20.0 Å². The Bertz CT molecular complexity index is 982. The Balaban J connectivity index is 1.83. The van der Waals surface area contributed by atoms with Gasteiger partial charge in [-0.25, -0.2) is 9.78 Å². The van der Waals surface area contributed by atoms with E-state index in [1.54, 1.807) is 0 Å². The number of esters is 1.